The number of hydrogen-bond acceptors (Lipinski definition) is 5. The van der Waals surface area contributed by atoms with E-state index in [0.717, 1.165) is 13.2 Å². The number of phenolic OH excluding ortho intramolecular Hbond substituents is 1. The van der Waals surface area contributed by atoms with E-state index in [2.05, 4.69) is 0 Å². The van der Waals surface area contributed by atoms with E-state index >= 15 is 0 Å². The van der Waals surface area contributed by atoms with Crippen molar-refractivity contribution in [3.05, 3.63) is 46.5 Å². The van der Waals surface area contributed by atoms with E-state index in [1.807, 2.05) is 0 Å². The van der Waals surface area contributed by atoms with Crippen molar-refractivity contribution < 1.29 is 41.3 Å². The number of methoxy groups -OCH3 is 1. The summed E-state index contributed by atoms with van der Waals surface area (Å²) in [5.74, 6) is -3.39. The van der Waals surface area contributed by atoms with Crippen molar-refractivity contribution in [2.75, 3.05) is 11.8 Å². The maximum absolute atomic E-state index is 13.0. The van der Waals surface area contributed by atoms with Crippen LogP contribution in [0.5, 0.6) is 11.5 Å². The van der Waals surface area contributed by atoms with Gasteiger partial charge in [0.1, 0.15) is 16.2 Å². The monoisotopic (exact) mass is 425 g/mol. The molecule has 2 aromatic carbocycles. The number of aromatic hydroxyl groups is 1. The summed E-state index contributed by atoms with van der Waals surface area (Å²) in [4.78, 5) is 10.5. The standard InChI is InChI=1S/C15H11ClF3NO6S/c1-26-11-3-2-8(16)6-12(11)27(24,25)20-10-5-7(14(22)23)4-9(13(10)21)15(17,18)19/h2-6,20-21H,1H3,(H,22,23). The van der Waals surface area contributed by atoms with E-state index in [9.17, 15) is 31.5 Å². The Labute approximate surface area is 156 Å². The van der Waals surface area contributed by atoms with Crippen LogP contribution in [0.25, 0.3) is 0 Å². The van der Waals surface area contributed by atoms with Crippen LogP contribution >= 0.6 is 11.6 Å². The van der Waals surface area contributed by atoms with Crippen molar-refractivity contribution in [2.24, 2.45) is 0 Å². The minimum absolute atomic E-state index is 0.00401. The van der Waals surface area contributed by atoms with Crippen LogP contribution in [0, 0.1) is 0 Å². The molecule has 0 unspecified atom stereocenters. The van der Waals surface area contributed by atoms with Crippen LogP contribution in [0.4, 0.5) is 18.9 Å². The molecular weight excluding hydrogens is 415 g/mol. The number of carbonyl (C=O) groups is 1. The summed E-state index contributed by atoms with van der Waals surface area (Å²) in [5.41, 5.74) is -3.56. The van der Waals surface area contributed by atoms with Gasteiger partial charge in [0.25, 0.3) is 10.0 Å². The Bertz CT molecular complexity index is 1010. The van der Waals surface area contributed by atoms with Crippen molar-refractivity contribution in [1.82, 2.24) is 0 Å². The third-order valence-corrected chi connectivity index (χ3v) is 4.94. The van der Waals surface area contributed by atoms with Gasteiger partial charge in [0.15, 0.2) is 5.75 Å². The average Bonchev–Trinajstić information content (AvgIpc) is 2.55. The zero-order valence-electron chi connectivity index (χ0n) is 13.3. The Morgan fingerprint density at radius 1 is 1.22 bits per heavy atom. The molecule has 0 aliphatic rings. The van der Waals surface area contributed by atoms with Gasteiger partial charge in [0, 0.05) is 5.02 Å². The average molecular weight is 426 g/mol. The number of hydrogen-bond donors (Lipinski definition) is 3. The lowest BCUT2D eigenvalue weighted by Crippen LogP contribution is -2.16. The molecule has 0 amide bonds. The summed E-state index contributed by atoms with van der Waals surface area (Å²) < 4.78 is 70.8. The summed E-state index contributed by atoms with van der Waals surface area (Å²) in [7, 11) is -3.43. The van der Waals surface area contributed by atoms with Crippen LogP contribution in [0.15, 0.2) is 35.2 Å². The lowest BCUT2D eigenvalue weighted by Gasteiger charge is -2.16. The highest BCUT2D eigenvalue weighted by Crippen LogP contribution is 2.41. The Hall–Kier alpha value is -2.66. The lowest BCUT2D eigenvalue weighted by molar-refractivity contribution is -0.138. The molecule has 2 aromatic rings. The molecule has 0 aromatic heterocycles. The number of alkyl halides is 3. The molecular formula is C15H11ClF3NO6S. The predicted octanol–water partition coefficient (Wildman–Crippen LogP) is 3.57. The smallest absolute Gasteiger partial charge is 0.420 e. The number of ether oxygens (including phenoxy) is 1. The molecule has 2 rings (SSSR count). The molecule has 0 spiro atoms. The van der Waals surface area contributed by atoms with Crippen LogP contribution in [0.2, 0.25) is 5.02 Å². The molecule has 0 radical (unpaired) electrons. The minimum Gasteiger partial charge on any atom is -0.505 e. The van der Waals surface area contributed by atoms with Crippen LogP contribution in [-0.4, -0.2) is 31.7 Å². The number of benzene rings is 2. The van der Waals surface area contributed by atoms with E-state index in [1.54, 1.807) is 4.72 Å². The fraction of sp³-hybridized carbons (Fsp3) is 0.133. The van der Waals surface area contributed by atoms with Gasteiger partial charge in [-0.25, -0.2) is 13.2 Å². The molecule has 27 heavy (non-hydrogen) atoms. The number of anilines is 1. The largest absolute Gasteiger partial charge is 0.505 e. The van der Waals surface area contributed by atoms with E-state index in [0.29, 0.717) is 6.07 Å². The molecule has 0 saturated carbocycles. The van der Waals surface area contributed by atoms with E-state index < -0.39 is 49.6 Å². The maximum Gasteiger partial charge on any atom is 0.420 e. The predicted molar refractivity (Wildman–Crippen MR) is 88.9 cm³/mol. The molecule has 0 saturated heterocycles. The van der Waals surface area contributed by atoms with Crippen molar-refractivity contribution in [3.63, 3.8) is 0 Å². The van der Waals surface area contributed by atoms with Gasteiger partial charge >= 0.3 is 12.1 Å². The second-order valence-corrected chi connectivity index (χ2v) is 7.21. The third-order valence-electron chi connectivity index (χ3n) is 3.32. The number of nitrogens with one attached hydrogen (secondary N) is 1. The first-order valence-electron chi connectivity index (χ1n) is 6.90. The number of halogens is 4. The van der Waals surface area contributed by atoms with E-state index in [1.165, 1.54) is 12.1 Å². The molecule has 0 aliphatic carbocycles. The van der Waals surface area contributed by atoms with Gasteiger partial charge < -0.3 is 14.9 Å². The number of sulfonamides is 1. The molecule has 0 heterocycles. The number of aromatic carboxylic acids is 1. The maximum atomic E-state index is 13.0. The summed E-state index contributed by atoms with van der Waals surface area (Å²) in [6, 6.07) is 4.26. The van der Waals surface area contributed by atoms with Gasteiger partial charge in [-0.1, -0.05) is 11.6 Å². The first-order chi connectivity index (χ1) is 12.4. The quantitative estimate of drug-likeness (QED) is 0.631. The third kappa shape index (κ3) is 4.37. The van der Waals surface area contributed by atoms with Gasteiger partial charge in [0.2, 0.25) is 0 Å². The molecule has 7 nitrogen and oxygen atoms in total. The van der Waals surface area contributed by atoms with Gasteiger partial charge in [-0.2, -0.15) is 13.2 Å². The number of rotatable bonds is 5. The second-order valence-electron chi connectivity index (χ2n) is 5.12. The fourth-order valence-electron chi connectivity index (χ4n) is 2.11. The Balaban J connectivity index is 2.64. The molecule has 0 fully saturated rings. The van der Waals surface area contributed by atoms with Crippen molar-refractivity contribution >= 4 is 33.3 Å². The van der Waals surface area contributed by atoms with E-state index in [4.69, 9.17) is 21.4 Å². The van der Waals surface area contributed by atoms with Crippen LogP contribution < -0.4 is 9.46 Å². The summed E-state index contributed by atoms with van der Waals surface area (Å²) in [6.45, 7) is 0. The zero-order chi connectivity index (χ0) is 20.6. The first-order valence-corrected chi connectivity index (χ1v) is 8.77. The molecule has 0 bridgehead atoms. The first kappa shape index (κ1) is 20.6. The van der Waals surface area contributed by atoms with Crippen LogP contribution in [0.1, 0.15) is 15.9 Å². The fourth-order valence-corrected chi connectivity index (χ4v) is 3.60. The van der Waals surface area contributed by atoms with Crippen LogP contribution in [-0.2, 0) is 16.2 Å². The highest BCUT2D eigenvalue weighted by atomic mass is 35.5. The SMILES string of the molecule is COc1ccc(Cl)cc1S(=O)(=O)Nc1cc(C(=O)O)cc(C(F)(F)F)c1O. The Morgan fingerprint density at radius 3 is 2.37 bits per heavy atom. The highest BCUT2D eigenvalue weighted by Gasteiger charge is 2.37. The number of carboxylic acid groups (broad SMARTS) is 1. The summed E-state index contributed by atoms with van der Waals surface area (Å²) in [5, 5.41) is 18.8. The summed E-state index contributed by atoms with van der Waals surface area (Å²) >= 11 is 5.74. The second kappa shape index (κ2) is 7.16. The normalized spacial score (nSPS) is 11.9. The van der Waals surface area contributed by atoms with Gasteiger partial charge in [-0.3, -0.25) is 4.72 Å². The van der Waals surface area contributed by atoms with Crippen molar-refractivity contribution in [1.29, 1.82) is 0 Å². The minimum atomic E-state index is -5.12. The zero-order valence-corrected chi connectivity index (χ0v) is 14.9. The van der Waals surface area contributed by atoms with Crippen molar-refractivity contribution in [2.45, 2.75) is 11.1 Å². The lowest BCUT2D eigenvalue weighted by atomic mass is 10.1. The molecule has 146 valence electrons. The van der Waals surface area contributed by atoms with Gasteiger partial charge in [-0.15, -0.1) is 0 Å². The molecule has 0 atom stereocenters. The molecule has 12 heteroatoms. The Kier molecular flexibility index (Phi) is 5.47. The van der Waals surface area contributed by atoms with E-state index in [-0.39, 0.29) is 16.8 Å². The molecule has 0 aliphatic heterocycles. The van der Waals surface area contributed by atoms with Crippen LogP contribution in [0.3, 0.4) is 0 Å². The van der Waals surface area contributed by atoms with Gasteiger partial charge in [0.05, 0.1) is 18.4 Å². The van der Waals surface area contributed by atoms with Crippen molar-refractivity contribution in [3.8, 4) is 11.5 Å². The topological polar surface area (TPSA) is 113 Å². The molecule has 3 N–H and O–H groups in total. The summed E-state index contributed by atoms with van der Waals surface area (Å²) in [6.07, 6.45) is -5.12. The highest BCUT2D eigenvalue weighted by molar-refractivity contribution is 7.92. The Morgan fingerprint density at radius 2 is 1.85 bits per heavy atom. The van der Waals surface area contributed by atoms with Gasteiger partial charge in [-0.05, 0) is 30.3 Å². The number of carboxylic acids is 1. The number of phenols is 1.